The summed E-state index contributed by atoms with van der Waals surface area (Å²) in [5.74, 6) is -1.69. The quantitative estimate of drug-likeness (QED) is 0.463. The molecular formula is C23H31N3O5. The van der Waals surface area contributed by atoms with Crippen LogP contribution in [-0.4, -0.2) is 67.8 Å². The lowest BCUT2D eigenvalue weighted by molar-refractivity contribution is -0.152. The lowest BCUT2D eigenvalue weighted by atomic mass is 9.81. The second kappa shape index (κ2) is 9.94. The number of rotatable bonds is 8. The number of benzene rings is 1. The molecule has 1 saturated carbocycles. The van der Waals surface area contributed by atoms with Crippen molar-refractivity contribution in [2.75, 3.05) is 39.2 Å². The van der Waals surface area contributed by atoms with E-state index in [4.69, 9.17) is 4.74 Å². The third-order valence-electron chi connectivity index (χ3n) is 6.13. The van der Waals surface area contributed by atoms with Crippen molar-refractivity contribution in [3.8, 4) is 0 Å². The van der Waals surface area contributed by atoms with E-state index < -0.39 is 5.97 Å². The Morgan fingerprint density at radius 2 is 1.58 bits per heavy atom. The summed E-state index contributed by atoms with van der Waals surface area (Å²) in [4.78, 5) is 53.9. The molecule has 0 aromatic heterocycles. The SMILES string of the molecule is CN(Cc1ccc(N(C)C)cc1)C(=O)COC(=O)CCN1C(=O)[C@H]2CCCC[C@H]2C1=O. The van der Waals surface area contributed by atoms with Crippen LogP contribution in [0.3, 0.4) is 0 Å². The number of likely N-dealkylation sites (N-methyl/N-ethyl adjacent to an activating group) is 1. The fourth-order valence-corrected chi connectivity index (χ4v) is 4.24. The van der Waals surface area contributed by atoms with Crippen LogP contribution in [0.2, 0.25) is 0 Å². The predicted molar refractivity (Wildman–Crippen MR) is 115 cm³/mol. The lowest BCUT2D eigenvalue weighted by Gasteiger charge is -2.19. The third kappa shape index (κ3) is 5.42. The van der Waals surface area contributed by atoms with Gasteiger partial charge in [0.05, 0.1) is 18.3 Å². The molecule has 2 fully saturated rings. The highest BCUT2D eigenvalue weighted by molar-refractivity contribution is 6.05. The monoisotopic (exact) mass is 429 g/mol. The van der Waals surface area contributed by atoms with Crippen molar-refractivity contribution < 1.29 is 23.9 Å². The van der Waals surface area contributed by atoms with Gasteiger partial charge in [-0.25, -0.2) is 0 Å². The zero-order chi connectivity index (χ0) is 22.5. The molecule has 2 atom stereocenters. The van der Waals surface area contributed by atoms with Crippen molar-refractivity contribution >= 4 is 29.4 Å². The molecule has 8 heteroatoms. The summed E-state index contributed by atoms with van der Waals surface area (Å²) in [6, 6.07) is 7.86. The number of carbonyl (C=O) groups excluding carboxylic acids is 4. The van der Waals surface area contributed by atoms with Crippen LogP contribution in [0, 0.1) is 11.8 Å². The van der Waals surface area contributed by atoms with E-state index in [1.807, 2.05) is 43.3 Å². The Hall–Kier alpha value is -2.90. The maximum Gasteiger partial charge on any atom is 0.308 e. The second-order valence-electron chi connectivity index (χ2n) is 8.55. The summed E-state index contributed by atoms with van der Waals surface area (Å²) in [6.45, 7) is 0.0632. The summed E-state index contributed by atoms with van der Waals surface area (Å²) in [5.41, 5.74) is 2.04. The molecule has 1 saturated heterocycles. The molecule has 3 rings (SSSR count). The predicted octanol–water partition coefficient (Wildman–Crippen LogP) is 1.82. The highest BCUT2D eigenvalue weighted by Crippen LogP contribution is 2.37. The largest absolute Gasteiger partial charge is 0.456 e. The number of hydrogen-bond acceptors (Lipinski definition) is 6. The van der Waals surface area contributed by atoms with Gasteiger partial charge in [0.2, 0.25) is 11.8 Å². The van der Waals surface area contributed by atoms with Crippen LogP contribution in [-0.2, 0) is 30.5 Å². The zero-order valence-corrected chi connectivity index (χ0v) is 18.5. The highest BCUT2D eigenvalue weighted by atomic mass is 16.5. The first-order valence-electron chi connectivity index (χ1n) is 10.8. The van der Waals surface area contributed by atoms with Crippen molar-refractivity contribution in [2.45, 2.75) is 38.6 Å². The van der Waals surface area contributed by atoms with Crippen molar-refractivity contribution in [3.05, 3.63) is 29.8 Å². The molecule has 0 radical (unpaired) electrons. The van der Waals surface area contributed by atoms with Crippen LogP contribution < -0.4 is 4.90 Å². The van der Waals surface area contributed by atoms with Crippen LogP contribution in [0.15, 0.2) is 24.3 Å². The summed E-state index contributed by atoms with van der Waals surface area (Å²) in [7, 11) is 5.57. The molecule has 1 aromatic carbocycles. The van der Waals surface area contributed by atoms with E-state index in [9.17, 15) is 19.2 Å². The zero-order valence-electron chi connectivity index (χ0n) is 18.5. The average Bonchev–Trinajstić information content (AvgIpc) is 3.01. The topological polar surface area (TPSA) is 87.2 Å². The van der Waals surface area contributed by atoms with Crippen molar-refractivity contribution in [2.24, 2.45) is 11.8 Å². The minimum absolute atomic E-state index is 0.0196. The molecule has 31 heavy (non-hydrogen) atoms. The molecule has 2 aliphatic rings. The molecule has 0 N–H and O–H groups in total. The van der Waals surface area contributed by atoms with Gasteiger partial charge in [-0.05, 0) is 30.5 Å². The van der Waals surface area contributed by atoms with E-state index in [0.29, 0.717) is 6.54 Å². The Morgan fingerprint density at radius 3 is 2.13 bits per heavy atom. The number of esters is 1. The number of fused-ring (bicyclic) bond motifs is 1. The van der Waals surface area contributed by atoms with E-state index in [0.717, 1.165) is 36.9 Å². The minimum Gasteiger partial charge on any atom is -0.456 e. The molecule has 1 aliphatic heterocycles. The van der Waals surface area contributed by atoms with Gasteiger partial charge in [0.25, 0.3) is 5.91 Å². The number of amides is 3. The molecule has 1 aromatic rings. The molecule has 3 amide bonds. The molecule has 1 heterocycles. The normalized spacial score (nSPS) is 20.4. The molecule has 8 nitrogen and oxygen atoms in total. The van der Waals surface area contributed by atoms with Gasteiger partial charge in [-0.3, -0.25) is 24.1 Å². The molecule has 168 valence electrons. The fraction of sp³-hybridized carbons (Fsp3) is 0.565. The number of hydrogen-bond donors (Lipinski definition) is 0. The highest BCUT2D eigenvalue weighted by Gasteiger charge is 2.47. The van der Waals surface area contributed by atoms with E-state index in [-0.39, 0.29) is 49.1 Å². The maximum absolute atomic E-state index is 12.4. The number of carbonyl (C=O) groups is 4. The fourth-order valence-electron chi connectivity index (χ4n) is 4.24. The summed E-state index contributed by atoms with van der Waals surface area (Å²) in [6.07, 6.45) is 3.32. The van der Waals surface area contributed by atoms with Gasteiger partial charge in [-0.2, -0.15) is 0 Å². The Bertz CT molecular complexity index is 812. The van der Waals surface area contributed by atoms with Crippen molar-refractivity contribution in [1.82, 2.24) is 9.80 Å². The summed E-state index contributed by atoms with van der Waals surface area (Å²) < 4.78 is 5.08. The van der Waals surface area contributed by atoms with Crippen LogP contribution in [0.1, 0.15) is 37.7 Å². The number of imide groups is 1. The summed E-state index contributed by atoms with van der Waals surface area (Å²) in [5, 5.41) is 0. The van der Waals surface area contributed by atoms with Crippen molar-refractivity contribution in [3.63, 3.8) is 0 Å². The van der Waals surface area contributed by atoms with Gasteiger partial charge in [0, 0.05) is 39.9 Å². The van der Waals surface area contributed by atoms with Gasteiger partial charge < -0.3 is 14.5 Å². The lowest BCUT2D eigenvalue weighted by Crippen LogP contribution is -2.34. The molecule has 0 bridgehead atoms. The van der Waals surface area contributed by atoms with Gasteiger partial charge in [0.15, 0.2) is 6.61 Å². The van der Waals surface area contributed by atoms with Crippen molar-refractivity contribution in [1.29, 1.82) is 0 Å². The smallest absolute Gasteiger partial charge is 0.308 e. The van der Waals surface area contributed by atoms with Crippen LogP contribution in [0.25, 0.3) is 0 Å². The molecule has 0 unspecified atom stereocenters. The first-order valence-corrected chi connectivity index (χ1v) is 10.8. The Kier molecular flexibility index (Phi) is 7.30. The van der Waals surface area contributed by atoms with Crippen LogP contribution in [0.5, 0.6) is 0 Å². The van der Waals surface area contributed by atoms with Crippen LogP contribution in [0.4, 0.5) is 5.69 Å². The third-order valence-corrected chi connectivity index (χ3v) is 6.13. The van der Waals surface area contributed by atoms with E-state index in [2.05, 4.69) is 0 Å². The maximum atomic E-state index is 12.4. The summed E-state index contributed by atoms with van der Waals surface area (Å²) >= 11 is 0. The first kappa shape index (κ1) is 22.8. The second-order valence-corrected chi connectivity index (χ2v) is 8.55. The van der Waals surface area contributed by atoms with E-state index in [1.54, 1.807) is 7.05 Å². The van der Waals surface area contributed by atoms with Gasteiger partial charge in [-0.15, -0.1) is 0 Å². The number of nitrogens with zero attached hydrogens (tertiary/aromatic N) is 3. The standard InChI is InChI=1S/C23H31N3O5/c1-24(2)17-10-8-16(9-11-17)14-25(3)20(27)15-31-21(28)12-13-26-22(29)18-6-4-5-7-19(18)23(26)30/h8-11,18-19H,4-7,12-15H2,1-3H3/t18-,19+. The average molecular weight is 430 g/mol. The van der Waals surface area contributed by atoms with Crippen LogP contribution >= 0.6 is 0 Å². The van der Waals surface area contributed by atoms with Gasteiger partial charge >= 0.3 is 5.97 Å². The number of anilines is 1. The first-order chi connectivity index (χ1) is 14.8. The van der Waals surface area contributed by atoms with Gasteiger partial charge in [-0.1, -0.05) is 25.0 Å². The van der Waals surface area contributed by atoms with Gasteiger partial charge in [0.1, 0.15) is 0 Å². The Labute approximate surface area is 183 Å². The Morgan fingerprint density at radius 1 is 1.00 bits per heavy atom. The minimum atomic E-state index is -0.590. The van der Waals surface area contributed by atoms with E-state index in [1.165, 1.54) is 9.80 Å². The Balaban J connectivity index is 1.41. The molecular weight excluding hydrogens is 398 g/mol. The van der Waals surface area contributed by atoms with E-state index >= 15 is 0 Å². The number of ether oxygens (including phenoxy) is 1. The number of likely N-dealkylation sites (tertiary alicyclic amines) is 1. The molecule has 0 spiro atoms. The molecule has 1 aliphatic carbocycles.